The number of carbonyl (C=O) groups excluding carboxylic acids is 2. The summed E-state index contributed by atoms with van der Waals surface area (Å²) in [6, 6.07) is 15.9. The van der Waals surface area contributed by atoms with Crippen LogP contribution >= 0.6 is 15.9 Å². The zero-order valence-corrected chi connectivity index (χ0v) is 11.9. The molecule has 0 saturated heterocycles. The fraction of sp³-hybridized carbons (Fsp3) is 0.125. The average Bonchev–Trinajstić information content (AvgIpc) is 2.47. The molecule has 0 aromatic heterocycles. The van der Waals surface area contributed by atoms with Gasteiger partial charge in [-0.05, 0) is 12.0 Å². The van der Waals surface area contributed by atoms with Gasteiger partial charge in [0.25, 0.3) is 0 Å². The minimum atomic E-state index is -0.456. The molecule has 2 rings (SSSR count). The van der Waals surface area contributed by atoms with E-state index in [2.05, 4.69) is 15.9 Å². The fourth-order valence-electron chi connectivity index (χ4n) is 1.90. The van der Waals surface area contributed by atoms with Crippen LogP contribution in [-0.2, 0) is 6.42 Å². The number of hydrogen-bond acceptors (Lipinski definition) is 2. The Morgan fingerprint density at radius 3 is 2.16 bits per heavy atom. The van der Waals surface area contributed by atoms with Crippen LogP contribution in [0.1, 0.15) is 26.3 Å². The van der Waals surface area contributed by atoms with E-state index in [9.17, 15) is 9.59 Å². The third kappa shape index (κ3) is 3.18. The lowest BCUT2D eigenvalue weighted by molar-refractivity contribution is 0.0816. The predicted octanol–water partition coefficient (Wildman–Crippen LogP) is 3.69. The topological polar surface area (TPSA) is 34.1 Å². The lowest BCUT2D eigenvalue weighted by Crippen LogP contribution is -2.16. The van der Waals surface area contributed by atoms with E-state index in [1.807, 2.05) is 18.2 Å². The van der Waals surface area contributed by atoms with Gasteiger partial charge in [0.15, 0.2) is 0 Å². The summed E-state index contributed by atoms with van der Waals surface area (Å²) in [6.07, 6.45) is 0.726. The molecule has 0 fully saturated rings. The molecule has 0 unspecified atom stereocenters. The average molecular weight is 317 g/mol. The minimum absolute atomic E-state index is 0.432. The van der Waals surface area contributed by atoms with Crippen molar-refractivity contribution in [1.29, 1.82) is 0 Å². The molecule has 2 aromatic rings. The highest BCUT2D eigenvalue weighted by Gasteiger charge is 2.20. The molecular weight excluding hydrogens is 304 g/mol. The maximum atomic E-state index is 12.3. The van der Waals surface area contributed by atoms with Crippen LogP contribution in [0.2, 0.25) is 0 Å². The molecule has 3 heteroatoms. The Balaban J connectivity index is 2.32. The SMILES string of the molecule is O=C(C(=O)c1ccccc1CCBr)c1ccccc1. The molecule has 2 nitrogen and oxygen atoms in total. The highest BCUT2D eigenvalue weighted by Crippen LogP contribution is 2.14. The van der Waals surface area contributed by atoms with Crippen molar-refractivity contribution >= 4 is 27.5 Å². The first-order valence-electron chi connectivity index (χ1n) is 6.02. The van der Waals surface area contributed by atoms with E-state index in [1.54, 1.807) is 36.4 Å². The molecule has 19 heavy (non-hydrogen) atoms. The smallest absolute Gasteiger partial charge is 0.233 e. The van der Waals surface area contributed by atoms with Crippen molar-refractivity contribution in [3.05, 3.63) is 71.3 Å². The van der Waals surface area contributed by atoms with E-state index >= 15 is 0 Å². The van der Waals surface area contributed by atoms with Crippen molar-refractivity contribution < 1.29 is 9.59 Å². The van der Waals surface area contributed by atoms with Crippen molar-refractivity contribution in [1.82, 2.24) is 0 Å². The Bertz CT molecular complexity index is 591. The number of ketones is 2. The summed E-state index contributed by atoms with van der Waals surface area (Å²) in [5.41, 5.74) is 1.82. The third-order valence-corrected chi connectivity index (χ3v) is 3.26. The standard InChI is InChI=1S/C16H13BrO2/c17-11-10-12-6-4-5-9-14(12)16(19)15(18)13-7-2-1-3-8-13/h1-9H,10-11H2. The first kappa shape index (κ1) is 13.7. The summed E-state index contributed by atoms with van der Waals surface area (Å²) in [6.45, 7) is 0. The molecule has 0 heterocycles. The van der Waals surface area contributed by atoms with Gasteiger partial charge >= 0.3 is 0 Å². The van der Waals surface area contributed by atoms with E-state index in [0.717, 1.165) is 17.3 Å². The maximum absolute atomic E-state index is 12.3. The van der Waals surface area contributed by atoms with E-state index in [0.29, 0.717) is 11.1 Å². The molecule has 0 saturated carbocycles. The lowest BCUT2D eigenvalue weighted by atomic mass is 9.96. The number of aryl methyl sites for hydroxylation is 1. The predicted molar refractivity (Wildman–Crippen MR) is 79.0 cm³/mol. The normalized spacial score (nSPS) is 10.2. The Hall–Kier alpha value is -1.74. The number of Topliss-reactive ketones (excluding diaryl/α,β-unsaturated/α-hetero) is 2. The van der Waals surface area contributed by atoms with Crippen LogP contribution in [0.25, 0.3) is 0 Å². The lowest BCUT2D eigenvalue weighted by Gasteiger charge is -2.06. The van der Waals surface area contributed by atoms with Crippen LogP contribution in [-0.4, -0.2) is 16.9 Å². The Morgan fingerprint density at radius 2 is 1.47 bits per heavy atom. The van der Waals surface area contributed by atoms with E-state index in [1.165, 1.54) is 0 Å². The van der Waals surface area contributed by atoms with Crippen LogP contribution in [0.4, 0.5) is 0 Å². The van der Waals surface area contributed by atoms with Gasteiger partial charge in [-0.25, -0.2) is 0 Å². The quantitative estimate of drug-likeness (QED) is 0.479. The van der Waals surface area contributed by atoms with E-state index in [4.69, 9.17) is 0 Å². The summed E-state index contributed by atoms with van der Waals surface area (Å²) in [5.74, 6) is -0.898. The molecule has 96 valence electrons. The fourth-order valence-corrected chi connectivity index (χ4v) is 2.33. The maximum Gasteiger partial charge on any atom is 0.233 e. The first-order chi connectivity index (χ1) is 9.24. The van der Waals surface area contributed by atoms with Gasteiger partial charge in [-0.1, -0.05) is 70.5 Å². The van der Waals surface area contributed by atoms with Crippen molar-refractivity contribution in [3.63, 3.8) is 0 Å². The molecule has 0 aliphatic rings. The number of alkyl halides is 1. The van der Waals surface area contributed by atoms with Gasteiger partial charge in [0.2, 0.25) is 11.6 Å². The zero-order valence-electron chi connectivity index (χ0n) is 10.3. The third-order valence-electron chi connectivity index (χ3n) is 2.87. The zero-order chi connectivity index (χ0) is 13.7. The highest BCUT2D eigenvalue weighted by atomic mass is 79.9. The molecule has 0 N–H and O–H groups in total. The number of hydrogen-bond donors (Lipinski definition) is 0. The van der Waals surface area contributed by atoms with Crippen LogP contribution in [0.15, 0.2) is 54.6 Å². The van der Waals surface area contributed by atoms with Crippen molar-refractivity contribution in [2.45, 2.75) is 6.42 Å². The van der Waals surface area contributed by atoms with Gasteiger partial charge in [0.05, 0.1) is 0 Å². The van der Waals surface area contributed by atoms with Crippen LogP contribution in [0.3, 0.4) is 0 Å². The Morgan fingerprint density at radius 1 is 0.842 bits per heavy atom. The number of rotatable bonds is 5. The number of carbonyl (C=O) groups is 2. The molecule has 2 aromatic carbocycles. The second-order valence-corrected chi connectivity index (χ2v) is 4.91. The van der Waals surface area contributed by atoms with Crippen molar-refractivity contribution in [2.75, 3.05) is 5.33 Å². The summed E-state index contributed by atoms with van der Waals surface area (Å²) in [7, 11) is 0. The minimum Gasteiger partial charge on any atom is -0.285 e. The highest BCUT2D eigenvalue weighted by molar-refractivity contribution is 9.09. The molecule has 0 aliphatic heterocycles. The number of halogens is 1. The van der Waals surface area contributed by atoms with Gasteiger partial charge in [-0.3, -0.25) is 9.59 Å². The van der Waals surface area contributed by atoms with E-state index < -0.39 is 11.6 Å². The van der Waals surface area contributed by atoms with Gasteiger partial charge < -0.3 is 0 Å². The van der Waals surface area contributed by atoms with Crippen molar-refractivity contribution in [2.24, 2.45) is 0 Å². The van der Waals surface area contributed by atoms with Gasteiger partial charge in [0.1, 0.15) is 0 Å². The second kappa shape index (κ2) is 6.43. The summed E-state index contributed by atoms with van der Waals surface area (Å²) < 4.78 is 0. The Kier molecular flexibility index (Phi) is 4.63. The monoisotopic (exact) mass is 316 g/mol. The van der Waals surface area contributed by atoms with Crippen LogP contribution < -0.4 is 0 Å². The summed E-state index contributed by atoms with van der Waals surface area (Å²) in [5, 5.41) is 0.761. The Labute approximate surface area is 120 Å². The summed E-state index contributed by atoms with van der Waals surface area (Å²) >= 11 is 3.36. The molecule has 0 atom stereocenters. The molecular formula is C16H13BrO2. The van der Waals surface area contributed by atoms with E-state index in [-0.39, 0.29) is 0 Å². The summed E-state index contributed by atoms with van der Waals surface area (Å²) in [4.78, 5) is 24.4. The largest absolute Gasteiger partial charge is 0.285 e. The molecule has 0 radical (unpaired) electrons. The van der Waals surface area contributed by atoms with Crippen LogP contribution in [0, 0.1) is 0 Å². The molecule has 0 aliphatic carbocycles. The van der Waals surface area contributed by atoms with Gasteiger partial charge in [-0.2, -0.15) is 0 Å². The molecule has 0 spiro atoms. The van der Waals surface area contributed by atoms with Crippen LogP contribution in [0.5, 0.6) is 0 Å². The first-order valence-corrected chi connectivity index (χ1v) is 7.14. The molecule has 0 amide bonds. The number of benzene rings is 2. The van der Waals surface area contributed by atoms with Gasteiger partial charge in [-0.15, -0.1) is 0 Å². The van der Waals surface area contributed by atoms with Crippen molar-refractivity contribution in [3.8, 4) is 0 Å². The van der Waals surface area contributed by atoms with Gasteiger partial charge in [0, 0.05) is 16.5 Å². The second-order valence-electron chi connectivity index (χ2n) is 4.12. The molecule has 0 bridgehead atoms.